The average molecular weight is 378 g/mol. The van der Waals surface area contributed by atoms with Gasteiger partial charge in [-0.15, -0.1) is 0 Å². The van der Waals surface area contributed by atoms with E-state index in [2.05, 4.69) is 15.3 Å². The number of H-pyrrole nitrogens is 1. The minimum absolute atomic E-state index is 0.202. The standard InChI is InChI=1S/C11H9ClIN3O2/c1-18-6-2-3-7(12)8(4-6)16-10-9(13)11(17)15-5-14-10/h2-5H,1H3,(H2,14,15,16,17). The second kappa shape index (κ2) is 5.57. The molecule has 2 aromatic rings. The number of rotatable bonds is 3. The lowest BCUT2D eigenvalue weighted by atomic mass is 10.3. The molecule has 2 rings (SSSR count). The Morgan fingerprint density at radius 1 is 1.50 bits per heavy atom. The number of nitrogens with one attached hydrogen (secondary N) is 2. The molecular weight excluding hydrogens is 368 g/mol. The van der Waals surface area contributed by atoms with E-state index in [-0.39, 0.29) is 5.56 Å². The van der Waals surface area contributed by atoms with Gasteiger partial charge in [0.2, 0.25) is 0 Å². The van der Waals surface area contributed by atoms with Gasteiger partial charge in [-0.3, -0.25) is 4.79 Å². The Morgan fingerprint density at radius 3 is 3.00 bits per heavy atom. The third-order valence-corrected chi connectivity index (χ3v) is 3.55. The van der Waals surface area contributed by atoms with Crippen LogP contribution < -0.4 is 15.6 Å². The van der Waals surface area contributed by atoms with Crippen molar-refractivity contribution in [2.75, 3.05) is 12.4 Å². The number of ether oxygens (including phenoxy) is 1. The number of methoxy groups -OCH3 is 1. The van der Waals surface area contributed by atoms with Gasteiger partial charge < -0.3 is 15.0 Å². The topological polar surface area (TPSA) is 67.0 Å². The van der Waals surface area contributed by atoms with Crippen LogP contribution in [-0.4, -0.2) is 17.1 Å². The Bertz CT molecular complexity index is 630. The molecule has 0 bridgehead atoms. The van der Waals surface area contributed by atoms with Gasteiger partial charge in [0, 0.05) is 6.07 Å². The maximum atomic E-state index is 11.4. The van der Waals surface area contributed by atoms with Crippen molar-refractivity contribution in [2.45, 2.75) is 0 Å². The van der Waals surface area contributed by atoms with Gasteiger partial charge in [0.15, 0.2) is 5.82 Å². The van der Waals surface area contributed by atoms with Crippen molar-refractivity contribution in [2.24, 2.45) is 0 Å². The molecule has 0 saturated heterocycles. The second-order valence-electron chi connectivity index (χ2n) is 3.37. The van der Waals surface area contributed by atoms with E-state index >= 15 is 0 Å². The van der Waals surface area contributed by atoms with E-state index in [4.69, 9.17) is 16.3 Å². The molecule has 0 saturated carbocycles. The smallest absolute Gasteiger partial charge is 0.266 e. The van der Waals surface area contributed by atoms with Crippen LogP contribution in [0.4, 0.5) is 11.5 Å². The first-order valence-electron chi connectivity index (χ1n) is 4.95. The van der Waals surface area contributed by atoms with Crippen molar-refractivity contribution >= 4 is 45.7 Å². The third-order valence-electron chi connectivity index (χ3n) is 2.22. The van der Waals surface area contributed by atoms with Gasteiger partial charge in [0.05, 0.1) is 24.1 Å². The van der Waals surface area contributed by atoms with E-state index < -0.39 is 0 Å². The van der Waals surface area contributed by atoms with Crippen molar-refractivity contribution < 1.29 is 4.74 Å². The average Bonchev–Trinajstić information content (AvgIpc) is 2.37. The highest BCUT2D eigenvalue weighted by Crippen LogP contribution is 2.29. The zero-order chi connectivity index (χ0) is 13.1. The van der Waals surface area contributed by atoms with E-state index in [1.165, 1.54) is 6.33 Å². The molecule has 0 spiro atoms. The van der Waals surface area contributed by atoms with Gasteiger partial charge in [-0.2, -0.15) is 0 Å². The van der Waals surface area contributed by atoms with Crippen LogP contribution in [0.1, 0.15) is 0 Å². The van der Waals surface area contributed by atoms with Gasteiger partial charge in [-0.05, 0) is 34.7 Å². The highest BCUT2D eigenvalue weighted by Gasteiger charge is 2.08. The van der Waals surface area contributed by atoms with Gasteiger partial charge in [-0.1, -0.05) is 11.6 Å². The molecule has 1 aromatic carbocycles. The molecule has 7 heteroatoms. The van der Waals surface area contributed by atoms with E-state index in [0.717, 1.165) is 0 Å². The summed E-state index contributed by atoms with van der Waals surface area (Å²) in [5.41, 5.74) is 0.430. The zero-order valence-electron chi connectivity index (χ0n) is 9.33. The quantitative estimate of drug-likeness (QED) is 0.807. The largest absolute Gasteiger partial charge is 0.497 e. The molecule has 0 fully saturated rings. The maximum absolute atomic E-state index is 11.4. The van der Waals surface area contributed by atoms with Crippen molar-refractivity contribution in [3.8, 4) is 5.75 Å². The van der Waals surface area contributed by atoms with Crippen molar-refractivity contribution in [1.82, 2.24) is 9.97 Å². The summed E-state index contributed by atoms with van der Waals surface area (Å²) in [5, 5.41) is 3.53. The molecule has 0 radical (unpaired) electrons. The summed E-state index contributed by atoms with van der Waals surface area (Å²) in [5.74, 6) is 1.12. The predicted molar refractivity (Wildman–Crippen MR) is 78.9 cm³/mol. The van der Waals surface area contributed by atoms with Crippen molar-refractivity contribution in [3.63, 3.8) is 0 Å². The van der Waals surface area contributed by atoms with Gasteiger partial charge in [0.25, 0.3) is 5.56 Å². The Balaban J connectivity index is 2.39. The molecule has 0 aliphatic rings. The van der Waals surface area contributed by atoms with Crippen LogP contribution in [0.25, 0.3) is 0 Å². The Hall–Kier alpha value is -1.28. The van der Waals surface area contributed by atoms with E-state index in [1.54, 1.807) is 25.3 Å². The van der Waals surface area contributed by atoms with Crippen LogP contribution in [0.5, 0.6) is 5.75 Å². The summed E-state index contributed by atoms with van der Waals surface area (Å²) in [6.07, 6.45) is 1.33. The Labute approximate surface area is 122 Å². The number of halogens is 2. The van der Waals surface area contributed by atoms with Crippen LogP contribution in [0, 0.1) is 3.57 Å². The molecule has 0 aliphatic carbocycles. The summed E-state index contributed by atoms with van der Waals surface area (Å²) in [6, 6.07) is 5.20. The van der Waals surface area contributed by atoms with Crippen LogP contribution in [0.2, 0.25) is 5.02 Å². The fourth-order valence-electron chi connectivity index (χ4n) is 1.32. The molecule has 0 unspecified atom stereocenters. The number of anilines is 2. The SMILES string of the molecule is COc1ccc(Cl)c(Nc2nc[nH]c(=O)c2I)c1. The molecule has 1 aromatic heterocycles. The zero-order valence-corrected chi connectivity index (χ0v) is 12.2. The highest BCUT2D eigenvalue weighted by molar-refractivity contribution is 14.1. The summed E-state index contributed by atoms with van der Waals surface area (Å²) < 4.78 is 5.58. The predicted octanol–water partition coefficient (Wildman–Crippen LogP) is 2.78. The number of benzene rings is 1. The molecule has 0 atom stereocenters. The summed E-state index contributed by atoms with van der Waals surface area (Å²) in [6.45, 7) is 0. The van der Waals surface area contributed by atoms with Gasteiger partial charge >= 0.3 is 0 Å². The van der Waals surface area contributed by atoms with E-state index in [0.29, 0.717) is 25.8 Å². The van der Waals surface area contributed by atoms with E-state index in [1.807, 2.05) is 22.6 Å². The molecular formula is C11H9ClIN3O2. The monoisotopic (exact) mass is 377 g/mol. The van der Waals surface area contributed by atoms with Crippen molar-refractivity contribution in [1.29, 1.82) is 0 Å². The van der Waals surface area contributed by atoms with Crippen LogP contribution in [-0.2, 0) is 0 Å². The first-order valence-corrected chi connectivity index (χ1v) is 6.41. The summed E-state index contributed by atoms with van der Waals surface area (Å²) >= 11 is 7.98. The van der Waals surface area contributed by atoms with Gasteiger partial charge in [-0.25, -0.2) is 4.98 Å². The number of hydrogen-bond acceptors (Lipinski definition) is 4. The molecule has 18 heavy (non-hydrogen) atoms. The van der Waals surface area contributed by atoms with Crippen molar-refractivity contribution in [3.05, 3.63) is 43.5 Å². The fourth-order valence-corrected chi connectivity index (χ4v) is 1.92. The summed E-state index contributed by atoms with van der Waals surface area (Å²) in [7, 11) is 1.57. The highest BCUT2D eigenvalue weighted by atomic mass is 127. The lowest BCUT2D eigenvalue weighted by Gasteiger charge is -2.10. The molecule has 0 amide bonds. The molecule has 94 valence electrons. The maximum Gasteiger partial charge on any atom is 0.266 e. The van der Waals surface area contributed by atoms with Crippen LogP contribution in [0.15, 0.2) is 29.3 Å². The molecule has 2 N–H and O–H groups in total. The first-order chi connectivity index (χ1) is 8.61. The van der Waals surface area contributed by atoms with Crippen LogP contribution >= 0.6 is 34.2 Å². The second-order valence-corrected chi connectivity index (χ2v) is 4.85. The Kier molecular flexibility index (Phi) is 4.07. The number of aromatic amines is 1. The van der Waals surface area contributed by atoms with Gasteiger partial charge in [0.1, 0.15) is 9.32 Å². The summed E-state index contributed by atoms with van der Waals surface area (Å²) in [4.78, 5) is 18.0. The molecule has 1 heterocycles. The number of hydrogen-bond donors (Lipinski definition) is 2. The molecule has 0 aliphatic heterocycles. The number of nitrogens with zero attached hydrogens (tertiary/aromatic N) is 1. The first kappa shape index (κ1) is 13.2. The Morgan fingerprint density at radius 2 is 2.28 bits per heavy atom. The minimum Gasteiger partial charge on any atom is -0.497 e. The lowest BCUT2D eigenvalue weighted by Crippen LogP contribution is -2.13. The van der Waals surface area contributed by atoms with E-state index in [9.17, 15) is 4.79 Å². The molecule has 5 nitrogen and oxygen atoms in total. The third kappa shape index (κ3) is 2.75. The fraction of sp³-hybridized carbons (Fsp3) is 0.0909. The van der Waals surface area contributed by atoms with Crippen LogP contribution in [0.3, 0.4) is 0 Å². The minimum atomic E-state index is -0.202. The normalized spacial score (nSPS) is 10.2. The lowest BCUT2D eigenvalue weighted by molar-refractivity contribution is 0.415. The number of aromatic nitrogens is 2.